The summed E-state index contributed by atoms with van der Waals surface area (Å²) in [5, 5.41) is 12.7. The Hall–Kier alpha value is -2.93. The maximum atomic E-state index is 12.0. The van der Waals surface area contributed by atoms with E-state index in [-0.39, 0.29) is 5.91 Å². The third kappa shape index (κ3) is 2.93. The van der Waals surface area contributed by atoms with Gasteiger partial charge in [0.2, 0.25) is 5.95 Å². The van der Waals surface area contributed by atoms with Gasteiger partial charge in [-0.15, -0.1) is 16.4 Å². The second kappa shape index (κ2) is 6.29. The van der Waals surface area contributed by atoms with Crippen LogP contribution in [0.3, 0.4) is 0 Å². The van der Waals surface area contributed by atoms with E-state index in [9.17, 15) is 4.79 Å². The first-order valence-electron chi connectivity index (χ1n) is 7.61. The molecule has 1 amide bonds. The molecular formula is C17H15N5OS. The van der Waals surface area contributed by atoms with Gasteiger partial charge in [-0.3, -0.25) is 15.2 Å². The lowest BCUT2D eigenvalue weighted by molar-refractivity contribution is 0.102. The number of aryl methyl sites for hydroxylation is 2. The van der Waals surface area contributed by atoms with E-state index in [0.29, 0.717) is 10.8 Å². The predicted molar refractivity (Wildman–Crippen MR) is 94.4 cm³/mol. The molecule has 6 nitrogen and oxygen atoms in total. The van der Waals surface area contributed by atoms with Gasteiger partial charge in [0.05, 0.1) is 4.88 Å². The highest BCUT2D eigenvalue weighted by Gasteiger charge is 2.11. The van der Waals surface area contributed by atoms with Crippen molar-refractivity contribution in [3.05, 3.63) is 64.2 Å². The molecule has 0 aliphatic heterocycles. The van der Waals surface area contributed by atoms with Crippen molar-refractivity contribution in [1.29, 1.82) is 0 Å². The molecule has 0 fully saturated rings. The van der Waals surface area contributed by atoms with Gasteiger partial charge in [-0.05, 0) is 29.5 Å². The summed E-state index contributed by atoms with van der Waals surface area (Å²) in [5.74, 6) is 0.872. The van der Waals surface area contributed by atoms with Gasteiger partial charge in [0.1, 0.15) is 5.82 Å². The van der Waals surface area contributed by atoms with E-state index < -0.39 is 0 Å². The molecule has 0 saturated heterocycles. The van der Waals surface area contributed by atoms with Gasteiger partial charge in [0.15, 0.2) is 0 Å². The normalized spacial score (nSPS) is 11.0. The number of hydrogen-bond donors (Lipinski definition) is 3. The van der Waals surface area contributed by atoms with Gasteiger partial charge in [0.25, 0.3) is 5.91 Å². The fourth-order valence-corrected chi connectivity index (χ4v) is 3.24. The minimum atomic E-state index is -0.188. The van der Waals surface area contributed by atoms with Gasteiger partial charge >= 0.3 is 0 Å². The van der Waals surface area contributed by atoms with Crippen molar-refractivity contribution in [2.45, 2.75) is 12.8 Å². The van der Waals surface area contributed by atoms with E-state index >= 15 is 0 Å². The number of nitrogens with zero attached hydrogens (tertiary/aromatic N) is 2. The number of thiophene rings is 1. The molecule has 3 N–H and O–H groups in total. The molecule has 24 heavy (non-hydrogen) atoms. The lowest BCUT2D eigenvalue weighted by Gasteiger charge is -1.97. The Morgan fingerprint density at radius 1 is 1.17 bits per heavy atom. The topological polar surface area (TPSA) is 86.5 Å². The second-order valence-corrected chi connectivity index (χ2v) is 6.34. The van der Waals surface area contributed by atoms with Crippen LogP contribution in [0.15, 0.2) is 48.0 Å². The smallest absolute Gasteiger partial charge is 0.268 e. The molecule has 7 heteroatoms. The first-order valence-corrected chi connectivity index (χ1v) is 8.49. The molecular weight excluding hydrogens is 322 g/mol. The molecule has 4 rings (SSSR count). The highest BCUT2D eigenvalue weighted by atomic mass is 32.1. The number of fused-ring (bicyclic) bond motifs is 1. The minimum absolute atomic E-state index is 0.188. The van der Waals surface area contributed by atoms with Crippen LogP contribution in [0.1, 0.15) is 21.1 Å². The van der Waals surface area contributed by atoms with Crippen molar-refractivity contribution < 1.29 is 4.79 Å². The number of nitrogens with one attached hydrogen (secondary N) is 3. The molecule has 1 aromatic carbocycles. The molecule has 0 unspecified atom stereocenters. The number of rotatable bonds is 5. The summed E-state index contributed by atoms with van der Waals surface area (Å²) in [4.78, 5) is 20.2. The van der Waals surface area contributed by atoms with Crippen LogP contribution < -0.4 is 5.32 Å². The zero-order valence-corrected chi connectivity index (χ0v) is 13.6. The number of carbonyl (C=O) groups excluding carboxylic acids is 1. The van der Waals surface area contributed by atoms with Crippen molar-refractivity contribution >= 4 is 34.1 Å². The van der Waals surface area contributed by atoms with Gasteiger partial charge in [0, 0.05) is 23.5 Å². The van der Waals surface area contributed by atoms with Gasteiger partial charge in [-0.2, -0.15) is 4.98 Å². The van der Waals surface area contributed by atoms with Crippen LogP contribution in [0.25, 0.3) is 10.9 Å². The van der Waals surface area contributed by atoms with E-state index in [2.05, 4.69) is 37.6 Å². The third-order valence-corrected chi connectivity index (χ3v) is 4.68. The zero-order chi connectivity index (χ0) is 16.4. The van der Waals surface area contributed by atoms with E-state index in [1.807, 2.05) is 29.8 Å². The molecule has 4 aromatic rings. The minimum Gasteiger partial charge on any atom is -0.361 e. The molecule has 0 atom stereocenters. The maximum Gasteiger partial charge on any atom is 0.268 e. The first kappa shape index (κ1) is 14.6. The Kier molecular flexibility index (Phi) is 3.84. The average Bonchev–Trinajstić information content (AvgIpc) is 3.34. The molecule has 0 saturated carbocycles. The molecule has 0 aliphatic carbocycles. The highest BCUT2D eigenvalue weighted by molar-refractivity contribution is 7.12. The van der Waals surface area contributed by atoms with Crippen LogP contribution in [-0.4, -0.2) is 26.1 Å². The number of amides is 1. The fraction of sp³-hybridized carbons (Fsp3) is 0.118. The first-order chi connectivity index (χ1) is 11.8. The lowest BCUT2D eigenvalue weighted by Crippen LogP contribution is -2.11. The number of carbonyl (C=O) groups is 1. The van der Waals surface area contributed by atoms with Crippen molar-refractivity contribution in [2.24, 2.45) is 0 Å². The number of para-hydroxylation sites is 1. The Balaban J connectivity index is 1.41. The Morgan fingerprint density at radius 2 is 2.08 bits per heavy atom. The fourth-order valence-electron chi connectivity index (χ4n) is 2.63. The van der Waals surface area contributed by atoms with E-state index in [4.69, 9.17) is 0 Å². The molecule has 0 aliphatic rings. The summed E-state index contributed by atoms with van der Waals surface area (Å²) in [7, 11) is 0. The number of aromatic nitrogens is 4. The molecule has 3 aromatic heterocycles. The molecule has 0 bridgehead atoms. The summed E-state index contributed by atoms with van der Waals surface area (Å²) in [6.07, 6.45) is 3.60. The molecule has 0 spiro atoms. The third-order valence-electron chi connectivity index (χ3n) is 3.81. The number of hydrogen-bond acceptors (Lipinski definition) is 4. The van der Waals surface area contributed by atoms with E-state index in [1.165, 1.54) is 22.3 Å². The van der Waals surface area contributed by atoms with Crippen LogP contribution in [0.5, 0.6) is 0 Å². The SMILES string of the molecule is O=C(Nc1n[nH]c(CCc2c[nH]c3ccccc23)n1)c1cccs1. The maximum absolute atomic E-state index is 12.0. The van der Waals surface area contributed by atoms with Gasteiger partial charge < -0.3 is 4.98 Å². The number of benzene rings is 1. The standard InChI is InChI=1S/C17H15N5OS/c23-16(14-6-3-9-24-14)20-17-19-15(21-22-17)8-7-11-10-18-13-5-2-1-4-12(11)13/h1-6,9-10,18H,7-8H2,(H2,19,20,21,22,23). The number of aromatic amines is 2. The molecule has 3 heterocycles. The van der Waals surface area contributed by atoms with Crippen LogP contribution in [0.4, 0.5) is 5.95 Å². The summed E-state index contributed by atoms with van der Waals surface area (Å²) in [6.45, 7) is 0. The second-order valence-electron chi connectivity index (χ2n) is 5.40. The van der Waals surface area contributed by atoms with Crippen LogP contribution in [0.2, 0.25) is 0 Å². The monoisotopic (exact) mass is 337 g/mol. The summed E-state index contributed by atoms with van der Waals surface area (Å²) in [5.41, 5.74) is 2.38. The van der Waals surface area contributed by atoms with E-state index in [0.717, 1.165) is 24.2 Å². The van der Waals surface area contributed by atoms with Crippen molar-refractivity contribution in [3.63, 3.8) is 0 Å². The zero-order valence-electron chi connectivity index (χ0n) is 12.7. The number of H-pyrrole nitrogens is 2. The summed E-state index contributed by atoms with van der Waals surface area (Å²) >= 11 is 1.39. The van der Waals surface area contributed by atoms with Crippen LogP contribution >= 0.6 is 11.3 Å². The largest absolute Gasteiger partial charge is 0.361 e. The number of anilines is 1. The molecule has 0 radical (unpaired) electrons. The summed E-state index contributed by atoms with van der Waals surface area (Å²) in [6, 6.07) is 11.8. The lowest BCUT2D eigenvalue weighted by atomic mass is 10.1. The van der Waals surface area contributed by atoms with E-state index in [1.54, 1.807) is 6.07 Å². The average molecular weight is 337 g/mol. The molecule has 120 valence electrons. The van der Waals surface area contributed by atoms with Crippen LogP contribution in [0, 0.1) is 0 Å². The van der Waals surface area contributed by atoms with Gasteiger partial charge in [-0.1, -0.05) is 24.3 Å². The summed E-state index contributed by atoms with van der Waals surface area (Å²) < 4.78 is 0. The quantitative estimate of drug-likeness (QED) is 0.522. The predicted octanol–water partition coefficient (Wildman–Crippen LogP) is 3.39. The Bertz CT molecular complexity index is 970. The van der Waals surface area contributed by atoms with Crippen molar-refractivity contribution in [1.82, 2.24) is 20.2 Å². The van der Waals surface area contributed by atoms with Crippen LogP contribution in [-0.2, 0) is 12.8 Å². The van der Waals surface area contributed by atoms with Crippen molar-refractivity contribution in [3.8, 4) is 0 Å². The van der Waals surface area contributed by atoms with Gasteiger partial charge in [-0.25, -0.2) is 0 Å². The Labute approximate surface area is 141 Å². The van der Waals surface area contributed by atoms with Crippen molar-refractivity contribution in [2.75, 3.05) is 5.32 Å². The Morgan fingerprint density at radius 3 is 2.96 bits per heavy atom. The highest BCUT2D eigenvalue weighted by Crippen LogP contribution is 2.19.